The number of nitrogens with one attached hydrogen (secondary N) is 1. The number of carbonyl (C=O) groups is 1. The minimum absolute atomic E-state index is 0.0321. The summed E-state index contributed by atoms with van der Waals surface area (Å²) in [4.78, 5) is 11.5. The zero-order valence-electron chi connectivity index (χ0n) is 11.1. The summed E-state index contributed by atoms with van der Waals surface area (Å²) in [6, 6.07) is 7.53. The van der Waals surface area contributed by atoms with Gasteiger partial charge in [-0.1, -0.05) is 32.0 Å². The molecule has 0 radical (unpaired) electrons. The average molecular weight is 251 g/mol. The van der Waals surface area contributed by atoms with E-state index < -0.39 is 6.10 Å². The van der Waals surface area contributed by atoms with E-state index in [1.807, 2.05) is 45.0 Å². The Morgan fingerprint density at radius 2 is 2.06 bits per heavy atom. The average Bonchev–Trinajstić information content (AvgIpc) is 2.34. The van der Waals surface area contributed by atoms with Gasteiger partial charge in [0.05, 0.1) is 6.10 Å². The molecule has 0 saturated heterocycles. The molecule has 0 aliphatic carbocycles. The molecule has 1 aromatic carbocycles. The third-order valence-electron chi connectivity index (χ3n) is 2.73. The lowest BCUT2D eigenvalue weighted by molar-refractivity contribution is -0.123. The number of hydrogen-bond donors (Lipinski definition) is 2. The number of aryl methyl sites for hydroxylation is 1. The number of aliphatic hydroxyl groups excluding tert-OH is 1. The number of ether oxygens (including phenoxy) is 1. The topological polar surface area (TPSA) is 58.6 Å². The van der Waals surface area contributed by atoms with Crippen molar-refractivity contribution in [3.8, 4) is 5.75 Å². The fourth-order valence-corrected chi connectivity index (χ4v) is 1.37. The first kappa shape index (κ1) is 14.5. The number of benzene rings is 1. The van der Waals surface area contributed by atoms with Crippen molar-refractivity contribution in [2.45, 2.75) is 26.9 Å². The van der Waals surface area contributed by atoms with E-state index in [9.17, 15) is 9.90 Å². The van der Waals surface area contributed by atoms with Crippen molar-refractivity contribution in [3.05, 3.63) is 29.8 Å². The highest BCUT2D eigenvalue weighted by Gasteiger charge is 2.11. The van der Waals surface area contributed by atoms with Crippen molar-refractivity contribution in [1.29, 1.82) is 0 Å². The molecule has 0 heterocycles. The molecule has 2 N–H and O–H groups in total. The predicted molar refractivity (Wildman–Crippen MR) is 70.5 cm³/mol. The number of carbonyl (C=O) groups excluding carboxylic acids is 1. The van der Waals surface area contributed by atoms with Crippen LogP contribution in [-0.4, -0.2) is 30.3 Å². The summed E-state index contributed by atoms with van der Waals surface area (Å²) in [6.45, 7) is 5.96. The third-order valence-corrected chi connectivity index (χ3v) is 2.73. The maximum absolute atomic E-state index is 11.5. The lowest BCUT2D eigenvalue weighted by atomic mass is 10.1. The van der Waals surface area contributed by atoms with E-state index >= 15 is 0 Å². The maximum Gasteiger partial charge on any atom is 0.258 e. The van der Waals surface area contributed by atoms with E-state index in [-0.39, 0.29) is 25.0 Å². The fraction of sp³-hybridized carbons (Fsp3) is 0.500. The number of para-hydroxylation sites is 1. The van der Waals surface area contributed by atoms with Gasteiger partial charge in [-0.15, -0.1) is 0 Å². The monoisotopic (exact) mass is 251 g/mol. The molecule has 0 aliphatic rings. The van der Waals surface area contributed by atoms with Crippen molar-refractivity contribution < 1.29 is 14.6 Å². The highest BCUT2D eigenvalue weighted by atomic mass is 16.5. The number of aliphatic hydroxyl groups is 1. The molecule has 1 rings (SSSR count). The van der Waals surface area contributed by atoms with Gasteiger partial charge in [-0.05, 0) is 24.5 Å². The van der Waals surface area contributed by atoms with Crippen LogP contribution in [0.2, 0.25) is 0 Å². The third kappa shape index (κ3) is 4.75. The molecule has 0 aromatic heterocycles. The van der Waals surface area contributed by atoms with Crippen LogP contribution in [0.25, 0.3) is 0 Å². The lowest BCUT2D eigenvalue weighted by Gasteiger charge is -2.15. The molecule has 0 aliphatic heterocycles. The normalized spacial score (nSPS) is 12.3. The minimum Gasteiger partial charge on any atom is -0.484 e. The van der Waals surface area contributed by atoms with Crippen LogP contribution in [0, 0.1) is 12.8 Å². The second kappa shape index (κ2) is 7.01. The van der Waals surface area contributed by atoms with Gasteiger partial charge in [0.1, 0.15) is 5.75 Å². The number of hydrogen-bond acceptors (Lipinski definition) is 3. The van der Waals surface area contributed by atoms with Crippen LogP contribution in [0.3, 0.4) is 0 Å². The predicted octanol–water partition coefficient (Wildman–Crippen LogP) is 1.51. The van der Waals surface area contributed by atoms with Crippen LogP contribution in [0.4, 0.5) is 0 Å². The highest BCUT2D eigenvalue weighted by Crippen LogP contribution is 2.15. The zero-order valence-corrected chi connectivity index (χ0v) is 11.1. The van der Waals surface area contributed by atoms with Gasteiger partial charge in [-0.25, -0.2) is 0 Å². The van der Waals surface area contributed by atoms with Crippen molar-refractivity contribution in [2.24, 2.45) is 5.92 Å². The van der Waals surface area contributed by atoms with Crippen LogP contribution in [0.15, 0.2) is 24.3 Å². The molecule has 100 valence electrons. The van der Waals surface area contributed by atoms with E-state index in [1.165, 1.54) is 0 Å². The highest BCUT2D eigenvalue weighted by molar-refractivity contribution is 5.77. The largest absolute Gasteiger partial charge is 0.484 e. The van der Waals surface area contributed by atoms with Crippen LogP contribution in [0.5, 0.6) is 5.75 Å². The summed E-state index contributed by atoms with van der Waals surface area (Å²) in [5.41, 5.74) is 0.993. The molecule has 1 aromatic rings. The van der Waals surface area contributed by atoms with Crippen molar-refractivity contribution in [2.75, 3.05) is 13.2 Å². The van der Waals surface area contributed by atoms with E-state index in [2.05, 4.69) is 5.32 Å². The molecule has 1 atom stereocenters. The van der Waals surface area contributed by atoms with Gasteiger partial charge >= 0.3 is 0 Å². The molecule has 0 fully saturated rings. The first-order valence-corrected chi connectivity index (χ1v) is 6.14. The molecule has 0 spiro atoms. The summed E-state index contributed by atoms with van der Waals surface area (Å²) in [6.07, 6.45) is -0.521. The Morgan fingerprint density at radius 3 is 2.67 bits per heavy atom. The zero-order chi connectivity index (χ0) is 13.5. The van der Waals surface area contributed by atoms with E-state index in [0.717, 1.165) is 5.56 Å². The SMILES string of the molecule is Cc1ccccc1OCC(=O)NCC(O)C(C)C. The van der Waals surface area contributed by atoms with Gasteiger partial charge in [0, 0.05) is 6.54 Å². The smallest absolute Gasteiger partial charge is 0.258 e. The van der Waals surface area contributed by atoms with Crippen molar-refractivity contribution in [1.82, 2.24) is 5.32 Å². The Morgan fingerprint density at radius 1 is 1.39 bits per heavy atom. The van der Waals surface area contributed by atoms with E-state index in [1.54, 1.807) is 0 Å². The quantitative estimate of drug-likeness (QED) is 0.805. The second-order valence-corrected chi connectivity index (χ2v) is 4.67. The Kier molecular flexibility index (Phi) is 5.65. The first-order valence-electron chi connectivity index (χ1n) is 6.14. The standard InChI is InChI=1S/C14H21NO3/c1-10(2)12(16)8-15-14(17)9-18-13-7-5-4-6-11(13)3/h4-7,10,12,16H,8-9H2,1-3H3,(H,15,17). The molecule has 1 amide bonds. The summed E-state index contributed by atoms with van der Waals surface area (Å²) in [5, 5.41) is 12.2. The van der Waals surface area contributed by atoms with Crippen molar-refractivity contribution in [3.63, 3.8) is 0 Å². The summed E-state index contributed by atoms with van der Waals surface area (Å²) in [5.74, 6) is 0.609. The van der Waals surface area contributed by atoms with E-state index in [4.69, 9.17) is 4.74 Å². The summed E-state index contributed by atoms with van der Waals surface area (Å²) >= 11 is 0. The molecule has 1 unspecified atom stereocenters. The van der Waals surface area contributed by atoms with Gasteiger partial charge in [0.25, 0.3) is 5.91 Å². The molecular weight excluding hydrogens is 230 g/mol. The Balaban J connectivity index is 2.32. The van der Waals surface area contributed by atoms with Crippen molar-refractivity contribution >= 4 is 5.91 Å². The van der Waals surface area contributed by atoms with Crippen LogP contribution >= 0.6 is 0 Å². The van der Waals surface area contributed by atoms with Gasteiger partial charge in [0.15, 0.2) is 6.61 Å². The molecule has 0 saturated carbocycles. The van der Waals surface area contributed by atoms with Crippen LogP contribution < -0.4 is 10.1 Å². The van der Waals surface area contributed by atoms with Crippen LogP contribution in [0.1, 0.15) is 19.4 Å². The lowest BCUT2D eigenvalue weighted by Crippen LogP contribution is -2.37. The second-order valence-electron chi connectivity index (χ2n) is 4.67. The molecular formula is C14H21NO3. The molecule has 18 heavy (non-hydrogen) atoms. The maximum atomic E-state index is 11.5. The van der Waals surface area contributed by atoms with Gasteiger partial charge < -0.3 is 15.2 Å². The fourth-order valence-electron chi connectivity index (χ4n) is 1.37. The Hall–Kier alpha value is -1.55. The Bertz CT molecular complexity index is 390. The van der Waals surface area contributed by atoms with Gasteiger partial charge in [-0.2, -0.15) is 0 Å². The summed E-state index contributed by atoms with van der Waals surface area (Å²) in [7, 11) is 0. The number of amides is 1. The Labute approximate surface area is 108 Å². The first-order chi connectivity index (χ1) is 8.50. The van der Waals surface area contributed by atoms with Crippen LogP contribution in [-0.2, 0) is 4.79 Å². The van der Waals surface area contributed by atoms with Gasteiger partial charge in [-0.3, -0.25) is 4.79 Å². The summed E-state index contributed by atoms with van der Waals surface area (Å²) < 4.78 is 5.40. The number of rotatable bonds is 6. The molecule has 4 nitrogen and oxygen atoms in total. The van der Waals surface area contributed by atoms with E-state index in [0.29, 0.717) is 5.75 Å². The minimum atomic E-state index is -0.521. The van der Waals surface area contributed by atoms with Gasteiger partial charge in [0.2, 0.25) is 0 Å². The molecule has 0 bridgehead atoms. The molecule has 4 heteroatoms.